The maximum absolute atomic E-state index is 13.0. The van der Waals surface area contributed by atoms with Gasteiger partial charge in [0.25, 0.3) is 5.91 Å². The molecule has 0 fully saturated rings. The van der Waals surface area contributed by atoms with Gasteiger partial charge in [-0.05, 0) is 42.8 Å². The van der Waals surface area contributed by atoms with Gasteiger partial charge in [0.2, 0.25) is 11.8 Å². The quantitative estimate of drug-likeness (QED) is 0.811. The summed E-state index contributed by atoms with van der Waals surface area (Å²) in [7, 11) is 1.70. The maximum Gasteiger partial charge on any atom is 0.254 e. The Balaban J connectivity index is 2.33. The highest BCUT2D eigenvalue weighted by molar-refractivity contribution is 6.30. The average Bonchev–Trinajstić information content (AvgIpc) is 2.59. The Bertz CT molecular complexity index is 831. The van der Waals surface area contributed by atoms with Gasteiger partial charge in [-0.15, -0.1) is 0 Å². The molecule has 2 aromatic rings. The van der Waals surface area contributed by atoms with Crippen LogP contribution in [0.1, 0.15) is 42.7 Å². The molecule has 0 saturated heterocycles. The van der Waals surface area contributed by atoms with E-state index in [9.17, 15) is 14.4 Å². The zero-order chi connectivity index (χ0) is 20.1. The topological polar surface area (TPSA) is 78.5 Å². The number of hydrogen-bond acceptors (Lipinski definition) is 3. The second-order valence-electron chi connectivity index (χ2n) is 6.30. The van der Waals surface area contributed by atoms with E-state index >= 15 is 0 Å². The van der Waals surface area contributed by atoms with Gasteiger partial charge in [-0.25, -0.2) is 0 Å². The number of anilines is 2. The Morgan fingerprint density at radius 2 is 1.41 bits per heavy atom. The minimum Gasteiger partial charge on any atom is -0.335 e. The highest BCUT2D eigenvalue weighted by Crippen LogP contribution is 2.25. The van der Waals surface area contributed by atoms with Crippen molar-refractivity contribution in [3.63, 3.8) is 0 Å². The Morgan fingerprint density at radius 1 is 0.926 bits per heavy atom. The van der Waals surface area contributed by atoms with Gasteiger partial charge in [0.1, 0.15) is 0 Å². The van der Waals surface area contributed by atoms with Gasteiger partial charge >= 0.3 is 0 Å². The molecule has 0 bridgehead atoms. The summed E-state index contributed by atoms with van der Waals surface area (Å²) in [5, 5.41) is 5.92. The van der Waals surface area contributed by atoms with Gasteiger partial charge in [0.15, 0.2) is 0 Å². The molecular formula is C20H22ClN3O3. The molecule has 1 atom stereocenters. The molecule has 6 nitrogen and oxygen atoms in total. The number of amides is 3. The fourth-order valence-electron chi connectivity index (χ4n) is 2.65. The van der Waals surface area contributed by atoms with Gasteiger partial charge in [-0.3, -0.25) is 14.4 Å². The Kier molecular flexibility index (Phi) is 6.58. The van der Waals surface area contributed by atoms with Gasteiger partial charge < -0.3 is 15.5 Å². The lowest BCUT2D eigenvalue weighted by Gasteiger charge is -2.26. The smallest absolute Gasteiger partial charge is 0.254 e. The Hall–Kier alpha value is -2.86. The third kappa shape index (κ3) is 5.56. The molecular weight excluding hydrogens is 366 g/mol. The summed E-state index contributed by atoms with van der Waals surface area (Å²) in [5.41, 5.74) is 2.16. The van der Waals surface area contributed by atoms with Crippen molar-refractivity contribution in [2.24, 2.45) is 0 Å². The van der Waals surface area contributed by atoms with Crippen LogP contribution >= 0.6 is 11.6 Å². The van der Waals surface area contributed by atoms with E-state index in [1.165, 1.54) is 13.8 Å². The minimum absolute atomic E-state index is 0.191. The maximum atomic E-state index is 13.0. The minimum atomic E-state index is -0.267. The van der Waals surface area contributed by atoms with Crippen LogP contribution in [-0.2, 0) is 9.59 Å². The fourth-order valence-corrected chi connectivity index (χ4v) is 2.77. The average molecular weight is 388 g/mol. The van der Waals surface area contributed by atoms with E-state index < -0.39 is 0 Å². The molecule has 3 amide bonds. The summed E-state index contributed by atoms with van der Waals surface area (Å²) in [4.78, 5) is 37.3. The third-order valence-corrected chi connectivity index (χ3v) is 4.33. The lowest BCUT2D eigenvalue weighted by atomic mass is 10.1. The zero-order valence-electron chi connectivity index (χ0n) is 15.7. The molecule has 0 radical (unpaired) electrons. The Labute approximate surface area is 163 Å². The molecule has 0 aliphatic carbocycles. The second-order valence-corrected chi connectivity index (χ2v) is 6.74. The molecule has 0 heterocycles. The second kappa shape index (κ2) is 8.68. The lowest BCUT2D eigenvalue weighted by molar-refractivity contribution is -0.115. The van der Waals surface area contributed by atoms with Crippen molar-refractivity contribution in [3.8, 4) is 0 Å². The van der Waals surface area contributed by atoms with Crippen molar-refractivity contribution in [2.75, 3.05) is 17.7 Å². The van der Waals surface area contributed by atoms with Crippen molar-refractivity contribution in [2.45, 2.75) is 26.8 Å². The number of benzene rings is 2. The lowest BCUT2D eigenvalue weighted by Crippen LogP contribution is -2.29. The van der Waals surface area contributed by atoms with Crippen LogP contribution in [0.3, 0.4) is 0 Å². The number of hydrogen-bond donors (Lipinski definition) is 2. The summed E-state index contributed by atoms with van der Waals surface area (Å²) < 4.78 is 0. The first-order valence-electron chi connectivity index (χ1n) is 8.40. The van der Waals surface area contributed by atoms with Crippen molar-refractivity contribution in [1.82, 2.24) is 4.90 Å². The predicted molar refractivity (Wildman–Crippen MR) is 107 cm³/mol. The Morgan fingerprint density at radius 3 is 1.85 bits per heavy atom. The fraction of sp³-hybridized carbons (Fsp3) is 0.250. The molecule has 7 heteroatoms. The molecule has 0 spiro atoms. The van der Waals surface area contributed by atoms with Crippen molar-refractivity contribution in [1.29, 1.82) is 0 Å². The first-order chi connectivity index (χ1) is 12.7. The largest absolute Gasteiger partial charge is 0.335 e. The molecule has 2 N–H and O–H groups in total. The van der Waals surface area contributed by atoms with Crippen molar-refractivity contribution < 1.29 is 14.4 Å². The molecule has 2 aromatic carbocycles. The van der Waals surface area contributed by atoms with Crippen molar-refractivity contribution >= 4 is 40.7 Å². The molecule has 0 aliphatic rings. The van der Waals surface area contributed by atoms with E-state index in [0.717, 1.165) is 5.56 Å². The number of nitrogens with zero attached hydrogens (tertiary/aromatic N) is 1. The number of nitrogens with one attached hydrogen (secondary N) is 2. The molecule has 1 unspecified atom stereocenters. The first-order valence-corrected chi connectivity index (χ1v) is 8.78. The van der Waals surface area contributed by atoms with Gasteiger partial charge in [-0.2, -0.15) is 0 Å². The number of carbonyl (C=O) groups is 3. The molecule has 142 valence electrons. The first kappa shape index (κ1) is 20.5. The SMILES string of the molecule is CC(=O)Nc1cc(NC(C)=O)cc(C(=O)N(C)C(C)c2ccc(Cl)cc2)c1. The van der Waals surface area contributed by atoms with E-state index in [0.29, 0.717) is 22.0 Å². The summed E-state index contributed by atoms with van der Waals surface area (Å²) in [6.45, 7) is 4.66. The number of carbonyl (C=O) groups excluding carboxylic acids is 3. The number of halogens is 1. The monoisotopic (exact) mass is 387 g/mol. The van der Waals surface area contributed by atoms with Crippen LogP contribution in [-0.4, -0.2) is 29.7 Å². The normalized spacial score (nSPS) is 11.4. The van der Waals surface area contributed by atoms with Crippen LogP contribution in [0.2, 0.25) is 5.02 Å². The van der Waals surface area contributed by atoms with E-state index in [1.807, 2.05) is 19.1 Å². The van der Waals surface area contributed by atoms with Crippen LogP contribution in [0.25, 0.3) is 0 Å². The summed E-state index contributed by atoms with van der Waals surface area (Å²) in [6, 6.07) is 11.9. The molecule has 0 aliphatic heterocycles. The van der Waals surface area contributed by atoms with Crippen LogP contribution in [0.15, 0.2) is 42.5 Å². The zero-order valence-corrected chi connectivity index (χ0v) is 16.4. The van der Waals surface area contributed by atoms with Crippen LogP contribution in [0, 0.1) is 0 Å². The summed E-state index contributed by atoms with van der Waals surface area (Å²) >= 11 is 5.92. The number of rotatable bonds is 5. The van der Waals surface area contributed by atoms with Gasteiger partial charge in [-0.1, -0.05) is 23.7 Å². The van der Waals surface area contributed by atoms with E-state index in [4.69, 9.17) is 11.6 Å². The van der Waals surface area contributed by atoms with Crippen molar-refractivity contribution in [3.05, 3.63) is 58.6 Å². The highest BCUT2D eigenvalue weighted by Gasteiger charge is 2.20. The van der Waals surface area contributed by atoms with E-state index in [1.54, 1.807) is 42.3 Å². The third-order valence-electron chi connectivity index (χ3n) is 4.07. The molecule has 27 heavy (non-hydrogen) atoms. The summed E-state index contributed by atoms with van der Waals surface area (Å²) in [6.07, 6.45) is 0. The standard InChI is InChI=1S/C20H22ClN3O3/c1-12(15-5-7-17(21)8-6-15)24(4)20(27)16-9-18(22-13(2)25)11-19(10-16)23-14(3)26/h5-12H,1-4H3,(H,22,25)(H,23,26). The van der Waals surface area contributed by atoms with Crippen LogP contribution < -0.4 is 10.6 Å². The van der Waals surface area contributed by atoms with Gasteiger partial charge in [0, 0.05) is 42.9 Å². The summed E-state index contributed by atoms with van der Waals surface area (Å²) in [5.74, 6) is -0.774. The predicted octanol–water partition coefficient (Wildman–Crippen LogP) is 4.09. The highest BCUT2D eigenvalue weighted by atomic mass is 35.5. The molecule has 0 saturated carbocycles. The van der Waals surface area contributed by atoms with E-state index in [-0.39, 0.29) is 23.8 Å². The van der Waals surface area contributed by atoms with Crippen LogP contribution in [0.5, 0.6) is 0 Å². The van der Waals surface area contributed by atoms with Gasteiger partial charge in [0.05, 0.1) is 6.04 Å². The van der Waals surface area contributed by atoms with Crippen LogP contribution in [0.4, 0.5) is 11.4 Å². The molecule has 2 rings (SSSR count). The molecule has 0 aromatic heterocycles. The van der Waals surface area contributed by atoms with E-state index in [2.05, 4.69) is 10.6 Å².